The molecular formula is C26H36N8O4. The Hall–Kier alpha value is -4.09. The zero-order valence-electron chi connectivity index (χ0n) is 23.7. The molecule has 0 fully saturated rings. The van der Waals surface area contributed by atoms with E-state index in [9.17, 15) is 14.9 Å². The molecule has 38 heavy (non-hydrogen) atoms. The van der Waals surface area contributed by atoms with Gasteiger partial charge in [0.05, 0.1) is 28.6 Å². The van der Waals surface area contributed by atoms with Crippen molar-refractivity contribution in [1.29, 1.82) is 0 Å². The number of anilines is 1. The van der Waals surface area contributed by atoms with Gasteiger partial charge in [-0.3, -0.25) is 14.8 Å². The van der Waals surface area contributed by atoms with E-state index in [-0.39, 0.29) is 29.1 Å². The molecule has 1 aromatic carbocycles. The molecule has 2 heterocycles. The molecule has 0 aliphatic rings. The fraction of sp³-hybridized carbons (Fsp3) is 0.500. The first kappa shape index (κ1) is 28.5. The Labute approximate surface area is 222 Å². The van der Waals surface area contributed by atoms with Crippen LogP contribution in [-0.4, -0.2) is 51.2 Å². The van der Waals surface area contributed by atoms with Crippen LogP contribution >= 0.6 is 0 Å². The van der Waals surface area contributed by atoms with Gasteiger partial charge in [-0.2, -0.15) is 10.2 Å². The molecule has 12 heteroatoms. The molecule has 0 amide bonds. The number of azo groups is 1. The number of esters is 1. The lowest BCUT2D eigenvalue weighted by molar-refractivity contribution is -0.384. The van der Waals surface area contributed by atoms with E-state index in [0.29, 0.717) is 17.1 Å². The molecule has 0 N–H and O–H groups in total. The van der Waals surface area contributed by atoms with Crippen molar-refractivity contribution in [1.82, 2.24) is 19.6 Å². The SMILES string of the molecule is CCOC(=O)c1c(C(C)(C)C)nn(-c2cccc([N+](=O)[O-])c2)c1N=Nc1c(C(C)(C)C)nn(C)c1N(C)C. The molecule has 0 aliphatic carbocycles. The summed E-state index contributed by atoms with van der Waals surface area (Å²) in [6, 6.07) is 5.99. The van der Waals surface area contributed by atoms with Crippen molar-refractivity contribution in [2.75, 3.05) is 25.6 Å². The van der Waals surface area contributed by atoms with Crippen LogP contribution in [0.3, 0.4) is 0 Å². The van der Waals surface area contributed by atoms with Gasteiger partial charge in [0.15, 0.2) is 17.3 Å². The lowest BCUT2D eigenvalue weighted by Crippen LogP contribution is -2.18. The van der Waals surface area contributed by atoms with Crippen molar-refractivity contribution >= 4 is 29.0 Å². The molecule has 12 nitrogen and oxygen atoms in total. The number of hydrogen-bond acceptors (Lipinski definition) is 9. The second-order valence-electron chi connectivity index (χ2n) is 11.2. The molecule has 3 aromatic rings. The predicted molar refractivity (Wildman–Crippen MR) is 145 cm³/mol. The van der Waals surface area contributed by atoms with E-state index in [2.05, 4.69) is 10.2 Å². The molecule has 204 valence electrons. The Kier molecular flexibility index (Phi) is 7.75. The third-order valence-electron chi connectivity index (χ3n) is 5.71. The van der Waals surface area contributed by atoms with Gasteiger partial charge in [0.25, 0.3) is 5.69 Å². The minimum absolute atomic E-state index is 0.113. The van der Waals surface area contributed by atoms with Crippen LogP contribution in [0, 0.1) is 10.1 Å². The zero-order valence-corrected chi connectivity index (χ0v) is 23.7. The molecule has 0 bridgehead atoms. The average molecular weight is 525 g/mol. The van der Waals surface area contributed by atoms with Crippen molar-refractivity contribution in [3.05, 3.63) is 51.3 Å². The van der Waals surface area contributed by atoms with E-state index < -0.39 is 16.3 Å². The number of carbonyl (C=O) groups is 1. The molecule has 0 spiro atoms. The second kappa shape index (κ2) is 10.3. The summed E-state index contributed by atoms with van der Waals surface area (Å²) in [4.78, 5) is 26.1. The van der Waals surface area contributed by atoms with Crippen molar-refractivity contribution in [3.8, 4) is 5.69 Å². The number of rotatable bonds is 7. The normalized spacial score (nSPS) is 12.3. The number of non-ortho nitro benzene ring substituents is 1. The van der Waals surface area contributed by atoms with Gasteiger partial charge >= 0.3 is 5.97 Å². The van der Waals surface area contributed by atoms with Crippen LogP contribution in [0.2, 0.25) is 0 Å². The topological polar surface area (TPSA) is 133 Å². The van der Waals surface area contributed by atoms with Crippen LogP contribution in [0.25, 0.3) is 5.69 Å². The molecule has 0 aliphatic heterocycles. The highest BCUT2D eigenvalue weighted by Crippen LogP contribution is 2.41. The third kappa shape index (κ3) is 5.58. The number of aryl methyl sites for hydroxylation is 1. The van der Waals surface area contributed by atoms with Gasteiger partial charge in [0.2, 0.25) is 0 Å². The summed E-state index contributed by atoms with van der Waals surface area (Å²) in [6.45, 7) is 13.7. The monoisotopic (exact) mass is 524 g/mol. The number of nitrogens with zero attached hydrogens (tertiary/aromatic N) is 8. The van der Waals surface area contributed by atoms with Gasteiger partial charge in [0, 0.05) is 44.1 Å². The fourth-order valence-corrected chi connectivity index (χ4v) is 4.04. The average Bonchev–Trinajstić information content (AvgIpc) is 3.35. The molecule has 0 atom stereocenters. The van der Waals surface area contributed by atoms with Crippen LogP contribution < -0.4 is 4.90 Å². The summed E-state index contributed by atoms with van der Waals surface area (Å²) in [5.41, 5.74) is 1.19. The van der Waals surface area contributed by atoms with Crippen molar-refractivity contribution in [2.45, 2.75) is 59.3 Å². The molecule has 0 saturated heterocycles. The summed E-state index contributed by atoms with van der Waals surface area (Å²) in [6.07, 6.45) is 0. The number of nitro groups is 1. The van der Waals surface area contributed by atoms with Gasteiger partial charge in [-0.15, -0.1) is 10.2 Å². The second-order valence-corrected chi connectivity index (χ2v) is 11.2. The number of carbonyl (C=O) groups excluding carboxylic acids is 1. The number of hydrogen-bond donors (Lipinski definition) is 0. The molecule has 3 rings (SSSR count). The predicted octanol–water partition coefficient (Wildman–Crippen LogP) is 5.77. The molecule has 0 saturated carbocycles. The molecule has 2 aromatic heterocycles. The van der Waals surface area contributed by atoms with E-state index in [0.717, 1.165) is 11.5 Å². The summed E-state index contributed by atoms with van der Waals surface area (Å²) in [7, 11) is 5.61. The smallest absolute Gasteiger partial charge is 0.344 e. The summed E-state index contributed by atoms with van der Waals surface area (Å²) < 4.78 is 8.53. The Bertz CT molecular complexity index is 1390. The first-order valence-corrected chi connectivity index (χ1v) is 12.3. The molecular weight excluding hydrogens is 488 g/mol. The van der Waals surface area contributed by atoms with Crippen LogP contribution in [0.5, 0.6) is 0 Å². The summed E-state index contributed by atoms with van der Waals surface area (Å²) >= 11 is 0. The zero-order chi connectivity index (χ0) is 28.6. The Balaban J connectivity index is 2.40. The highest BCUT2D eigenvalue weighted by Gasteiger charge is 2.33. The number of nitro benzene ring substituents is 1. The van der Waals surface area contributed by atoms with E-state index in [1.807, 2.05) is 67.6 Å². The largest absolute Gasteiger partial charge is 0.462 e. The maximum atomic E-state index is 13.3. The highest BCUT2D eigenvalue weighted by atomic mass is 16.6. The number of ether oxygens (including phenoxy) is 1. The highest BCUT2D eigenvalue weighted by molar-refractivity contribution is 5.96. The van der Waals surface area contributed by atoms with Gasteiger partial charge in [-0.1, -0.05) is 47.6 Å². The quantitative estimate of drug-likeness (QED) is 0.166. The lowest BCUT2D eigenvalue weighted by Gasteiger charge is -2.17. The fourth-order valence-electron chi connectivity index (χ4n) is 4.04. The van der Waals surface area contributed by atoms with Crippen LogP contribution in [0.4, 0.5) is 23.0 Å². The van der Waals surface area contributed by atoms with Crippen LogP contribution in [0.15, 0.2) is 34.5 Å². The van der Waals surface area contributed by atoms with Crippen molar-refractivity contribution in [2.24, 2.45) is 17.3 Å². The molecule has 0 unspecified atom stereocenters. The van der Waals surface area contributed by atoms with E-state index in [1.54, 1.807) is 23.7 Å². The van der Waals surface area contributed by atoms with Crippen molar-refractivity contribution in [3.63, 3.8) is 0 Å². The minimum atomic E-state index is -0.599. The Morgan fingerprint density at radius 1 is 1.08 bits per heavy atom. The van der Waals surface area contributed by atoms with E-state index in [1.165, 1.54) is 16.8 Å². The summed E-state index contributed by atoms with van der Waals surface area (Å²) in [5, 5.41) is 30.1. The standard InChI is InChI=1S/C26H36N8O4/c1-11-38-24(35)18-20(25(2,3)4)30-33(16-13-12-14-17(15-16)34(36)37)22(18)28-27-19-21(26(5,6)7)29-32(10)23(19)31(8)9/h12-15H,11H2,1-10H3. The minimum Gasteiger partial charge on any atom is -0.462 e. The maximum Gasteiger partial charge on any atom is 0.344 e. The van der Waals surface area contributed by atoms with Crippen molar-refractivity contribution < 1.29 is 14.5 Å². The number of aromatic nitrogens is 4. The van der Waals surface area contributed by atoms with Gasteiger partial charge < -0.3 is 9.64 Å². The van der Waals surface area contributed by atoms with Gasteiger partial charge in [-0.25, -0.2) is 9.48 Å². The Morgan fingerprint density at radius 3 is 2.24 bits per heavy atom. The lowest BCUT2D eigenvalue weighted by atomic mass is 9.89. The number of benzene rings is 1. The summed E-state index contributed by atoms with van der Waals surface area (Å²) in [5.74, 6) is 0.245. The van der Waals surface area contributed by atoms with Gasteiger partial charge in [0.1, 0.15) is 5.56 Å². The van der Waals surface area contributed by atoms with E-state index in [4.69, 9.17) is 14.9 Å². The maximum absolute atomic E-state index is 13.3. The van der Waals surface area contributed by atoms with Crippen LogP contribution in [0.1, 0.15) is 70.2 Å². The van der Waals surface area contributed by atoms with Gasteiger partial charge in [-0.05, 0) is 13.0 Å². The first-order valence-electron chi connectivity index (χ1n) is 12.3. The third-order valence-corrected chi connectivity index (χ3v) is 5.71. The van der Waals surface area contributed by atoms with Crippen LogP contribution in [-0.2, 0) is 22.6 Å². The Morgan fingerprint density at radius 2 is 1.71 bits per heavy atom. The molecule has 0 radical (unpaired) electrons. The first-order chi connectivity index (χ1) is 17.6. The van der Waals surface area contributed by atoms with E-state index >= 15 is 0 Å².